The SMILES string of the molecule is CC(=O)c1nc([C@@H]2CC[C@@H](C)N(C(=O)c3ccccc3-n3nccn3)C2)oc1-c1ccccc1. The highest BCUT2D eigenvalue weighted by Gasteiger charge is 2.34. The predicted octanol–water partition coefficient (Wildman–Crippen LogP) is 4.53. The minimum Gasteiger partial charge on any atom is -0.440 e. The second-order valence-electron chi connectivity index (χ2n) is 8.57. The lowest BCUT2D eigenvalue weighted by Gasteiger charge is -2.37. The van der Waals surface area contributed by atoms with E-state index in [-0.39, 0.29) is 23.7 Å². The average Bonchev–Trinajstić information content (AvgIpc) is 3.55. The fourth-order valence-corrected chi connectivity index (χ4v) is 4.45. The Morgan fingerprint density at radius 2 is 1.68 bits per heavy atom. The van der Waals surface area contributed by atoms with Crippen LogP contribution in [-0.2, 0) is 0 Å². The number of benzene rings is 2. The van der Waals surface area contributed by atoms with Gasteiger partial charge in [-0.25, -0.2) is 4.98 Å². The van der Waals surface area contributed by atoms with Crippen LogP contribution in [0.3, 0.4) is 0 Å². The molecule has 172 valence electrons. The molecule has 2 atom stereocenters. The van der Waals surface area contributed by atoms with E-state index in [2.05, 4.69) is 22.1 Å². The van der Waals surface area contributed by atoms with Gasteiger partial charge in [0.05, 0.1) is 29.6 Å². The van der Waals surface area contributed by atoms with Crippen molar-refractivity contribution in [1.29, 1.82) is 0 Å². The molecule has 1 amide bonds. The normalized spacial score (nSPS) is 18.1. The summed E-state index contributed by atoms with van der Waals surface area (Å²) in [4.78, 5) is 33.8. The second-order valence-corrected chi connectivity index (χ2v) is 8.57. The number of hydrogen-bond acceptors (Lipinski definition) is 6. The molecule has 0 radical (unpaired) electrons. The molecule has 0 bridgehead atoms. The smallest absolute Gasteiger partial charge is 0.256 e. The number of ketones is 1. The van der Waals surface area contributed by atoms with Gasteiger partial charge in [-0.15, -0.1) is 0 Å². The van der Waals surface area contributed by atoms with Crippen LogP contribution in [0.5, 0.6) is 0 Å². The second kappa shape index (κ2) is 9.05. The maximum absolute atomic E-state index is 13.7. The van der Waals surface area contributed by atoms with Crippen molar-refractivity contribution < 1.29 is 14.0 Å². The number of aromatic nitrogens is 4. The third kappa shape index (κ3) is 4.03. The summed E-state index contributed by atoms with van der Waals surface area (Å²) in [6, 6.07) is 16.9. The van der Waals surface area contributed by atoms with Crippen molar-refractivity contribution in [1.82, 2.24) is 24.9 Å². The highest BCUT2D eigenvalue weighted by atomic mass is 16.4. The summed E-state index contributed by atoms with van der Waals surface area (Å²) in [7, 11) is 0. The lowest BCUT2D eigenvalue weighted by molar-refractivity contribution is 0.0596. The van der Waals surface area contributed by atoms with E-state index in [0.717, 1.165) is 18.4 Å². The summed E-state index contributed by atoms with van der Waals surface area (Å²) in [6.45, 7) is 3.99. The molecule has 5 rings (SSSR count). The Labute approximate surface area is 197 Å². The fourth-order valence-electron chi connectivity index (χ4n) is 4.45. The Kier molecular flexibility index (Phi) is 5.79. The molecule has 1 saturated heterocycles. The molecule has 34 heavy (non-hydrogen) atoms. The van der Waals surface area contributed by atoms with Crippen LogP contribution >= 0.6 is 0 Å². The summed E-state index contributed by atoms with van der Waals surface area (Å²) in [5.74, 6) is 0.634. The maximum atomic E-state index is 13.7. The number of hydrogen-bond donors (Lipinski definition) is 0. The molecule has 1 aliphatic heterocycles. The van der Waals surface area contributed by atoms with E-state index >= 15 is 0 Å². The molecule has 0 spiro atoms. The van der Waals surface area contributed by atoms with E-state index in [1.165, 1.54) is 11.7 Å². The van der Waals surface area contributed by atoms with Gasteiger partial charge in [0.15, 0.2) is 17.2 Å². The highest BCUT2D eigenvalue weighted by molar-refractivity contribution is 5.98. The first-order valence-electron chi connectivity index (χ1n) is 11.4. The zero-order chi connectivity index (χ0) is 23.7. The Hall–Kier alpha value is -4.07. The number of carbonyl (C=O) groups is 2. The van der Waals surface area contributed by atoms with Gasteiger partial charge in [-0.2, -0.15) is 15.0 Å². The van der Waals surface area contributed by atoms with Gasteiger partial charge in [-0.1, -0.05) is 42.5 Å². The lowest BCUT2D eigenvalue weighted by Crippen LogP contribution is -2.45. The molecular weight excluding hydrogens is 430 g/mol. The van der Waals surface area contributed by atoms with Crippen molar-refractivity contribution in [3.63, 3.8) is 0 Å². The summed E-state index contributed by atoms with van der Waals surface area (Å²) in [5, 5.41) is 8.38. The number of oxazole rings is 1. The lowest BCUT2D eigenvalue weighted by atomic mass is 9.92. The molecule has 0 unspecified atom stereocenters. The van der Waals surface area contributed by atoms with Crippen molar-refractivity contribution in [3.05, 3.63) is 84.1 Å². The van der Waals surface area contributed by atoms with Crippen LogP contribution < -0.4 is 0 Å². The highest BCUT2D eigenvalue weighted by Crippen LogP contribution is 2.35. The summed E-state index contributed by atoms with van der Waals surface area (Å²) >= 11 is 0. The molecule has 2 aromatic heterocycles. The quantitative estimate of drug-likeness (QED) is 0.410. The molecule has 2 aromatic carbocycles. The van der Waals surface area contributed by atoms with Crippen LogP contribution in [0.15, 0.2) is 71.4 Å². The minimum absolute atomic E-state index is 0.0539. The molecule has 0 N–H and O–H groups in total. The zero-order valence-electron chi connectivity index (χ0n) is 19.1. The van der Waals surface area contributed by atoms with Crippen LogP contribution in [0.1, 0.15) is 59.3 Å². The fraction of sp³-hybridized carbons (Fsp3) is 0.269. The predicted molar refractivity (Wildman–Crippen MR) is 126 cm³/mol. The largest absolute Gasteiger partial charge is 0.440 e. The summed E-state index contributed by atoms with van der Waals surface area (Å²) in [5.41, 5.74) is 2.30. The Morgan fingerprint density at radius 3 is 2.41 bits per heavy atom. The molecule has 3 heterocycles. The molecule has 4 aromatic rings. The molecular formula is C26H25N5O3. The first-order chi connectivity index (χ1) is 16.5. The number of Topliss-reactive ketones (excluding diaryl/α,β-unsaturated/α-hetero) is 1. The van der Waals surface area contributed by atoms with E-state index < -0.39 is 0 Å². The van der Waals surface area contributed by atoms with Crippen LogP contribution in [0, 0.1) is 0 Å². The average molecular weight is 456 g/mol. The van der Waals surface area contributed by atoms with Crippen molar-refractivity contribution in [2.75, 3.05) is 6.54 Å². The van der Waals surface area contributed by atoms with Crippen LogP contribution in [0.25, 0.3) is 17.0 Å². The van der Waals surface area contributed by atoms with Gasteiger partial charge in [0.1, 0.15) is 0 Å². The number of likely N-dealkylation sites (tertiary alicyclic amines) is 1. The first kappa shape index (κ1) is 21.8. The van der Waals surface area contributed by atoms with E-state index in [4.69, 9.17) is 4.42 Å². The Bertz CT molecular complexity index is 1310. The van der Waals surface area contributed by atoms with Gasteiger partial charge in [0.25, 0.3) is 5.91 Å². The number of para-hydroxylation sites is 1. The first-order valence-corrected chi connectivity index (χ1v) is 11.4. The van der Waals surface area contributed by atoms with Crippen molar-refractivity contribution in [2.45, 2.75) is 38.6 Å². The topological polar surface area (TPSA) is 94.1 Å². The van der Waals surface area contributed by atoms with Gasteiger partial charge in [0.2, 0.25) is 5.89 Å². The summed E-state index contributed by atoms with van der Waals surface area (Å²) in [6.07, 6.45) is 4.79. The van der Waals surface area contributed by atoms with Gasteiger partial charge >= 0.3 is 0 Å². The van der Waals surface area contributed by atoms with Crippen molar-refractivity contribution in [2.24, 2.45) is 0 Å². The maximum Gasteiger partial charge on any atom is 0.256 e. The molecule has 1 aliphatic rings. The van der Waals surface area contributed by atoms with E-state index in [0.29, 0.717) is 35.1 Å². The van der Waals surface area contributed by atoms with Gasteiger partial charge in [-0.3, -0.25) is 9.59 Å². The number of nitrogens with zero attached hydrogens (tertiary/aromatic N) is 5. The van der Waals surface area contributed by atoms with Gasteiger partial charge < -0.3 is 9.32 Å². The molecule has 8 nitrogen and oxygen atoms in total. The van der Waals surface area contributed by atoms with Crippen molar-refractivity contribution in [3.8, 4) is 17.0 Å². The third-order valence-corrected chi connectivity index (χ3v) is 6.27. The van der Waals surface area contributed by atoms with E-state index in [9.17, 15) is 9.59 Å². The summed E-state index contributed by atoms with van der Waals surface area (Å²) < 4.78 is 6.16. The molecule has 0 saturated carbocycles. The number of carbonyl (C=O) groups excluding carboxylic acids is 2. The van der Waals surface area contributed by atoms with E-state index in [1.54, 1.807) is 18.5 Å². The van der Waals surface area contributed by atoms with Gasteiger partial charge in [-0.05, 0) is 31.9 Å². The zero-order valence-corrected chi connectivity index (χ0v) is 19.1. The Balaban J connectivity index is 1.46. The van der Waals surface area contributed by atoms with Crippen LogP contribution in [0.2, 0.25) is 0 Å². The van der Waals surface area contributed by atoms with Crippen molar-refractivity contribution >= 4 is 11.7 Å². The molecule has 1 fully saturated rings. The third-order valence-electron chi connectivity index (χ3n) is 6.27. The number of piperidine rings is 1. The van der Waals surface area contributed by atoms with E-state index in [1.807, 2.05) is 53.4 Å². The minimum atomic E-state index is -0.147. The Morgan fingerprint density at radius 1 is 0.971 bits per heavy atom. The van der Waals surface area contributed by atoms with Crippen LogP contribution in [-0.4, -0.2) is 49.2 Å². The standard InChI is InChI=1S/C26H25N5O3/c1-17-12-13-20(25-29-23(18(2)32)24(34-25)19-8-4-3-5-9-19)16-30(17)26(33)21-10-6-7-11-22(21)31-27-14-15-28-31/h3-11,14-15,17,20H,12-13,16H2,1-2H3/t17-,20-/m1/s1. The molecule has 0 aliphatic carbocycles. The van der Waals surface area contributed by atoms with Gasteiger partial charge in [0, 0.05) is 25.1 Å². The van der Waals surface area contributed by atoms with Crippen LogP contribution in [0.4, 0.5) is 0 Å². The monoisotopic (exact) mass is 455 g/mol. The number of amides is 1. The molecule has 8 heteroatoms. The number of rotatable bonds is 5.